The predicted octanol–water partition coefficient (Wildman–Crippen LogP) is 2.27. The standard InChI is InChI=1S/C10H12BrN3O4/c1-6(10(15)16)2-3-12-9-8(14(17)18)4-7(11)5-13-9/h4-6H,2-3H2,1H3,(H,12,13)(H,15,16). The molecule has 0 amide bonds. The average molecular weight is 318 g/mol. The van der Waals surface area contributed by atoms with Gasteiger partial charge in [0.2, 0.25) is 5.82 Å². The largest absolute Gasteiger partial charge is 0.481 e. The molecule has 98 valence electrons. The minimum Gasteiger partial charge on any atom is -0.481 e. The number of rotatable bonds is 6. The van der Waals surface area contributed by atoms with Crippen molar-refractivity contribution in [2.45, 2.75) is 13.3 Å². The molecule has 7 nitrogen and oxygen atoms in total. The Kier molecular flexibility index (Phi) is 5.02. The maximum absolute atomic E-state index is 10.8. The highest BCUT2D eigenvalue weighted by atomic mass is 79.9. The molecule has 0 aromatic carbocycles. The molecule has 0 aliphatic heterocycles. The van der Waals surface area contributed by atoms with Crippen LogP contribution in [0.3, 0.4) is 0 Å². The van der Waals surface area contributed by atoms with E-state index < -0.39 is 16.8 Å². The van der Waals surface area contributed by atoms with Crippen LogP contribution >= 0.6 is 15.9 Å². The highest BCUT2D eigenvalue weighted by molar-refractivity contribution is 9.10. The average Bonchev–Trinajstić information content (AvgIpc) is 2.30. The Morgan fingerprint density at radius 2 is 2.39 bits per heavy atom. The van der Waals surface area contributed by atoms with Crippen molar-refractivity contribution < 1.29 is 14.8 Å². The topological polar surface area (TPSA) is 105 Å². The Balaban J connectivity index is 2.67. The fourth-order valence-electron chi connectivity index (χ4n) is 1.23. The van der Waals surface area contributed by atoms with Gasteiger partial charge in [0.05, 0.1) is 10.8 Å². The van der Waals surface area contributed by atoms with Crippen molar-refractivity contribution in [1.82, 2.24) is 4.98 Å². The summed E-state index contributed by atoms with van der Waals surface area (Å²) in [6.45, 7) is 1.89. The fourth-order valence-corrected chi connectivity index (χ4v) is 1.55. The molecule has 18 heavy (non-hydrogen) atoms. The lowest BCUT2D eigenvalue weighted by Crippen LogP contribution is -2.15. The zero-order valence-corrected chi connectivity index (χ0v) is 11.2. The third-order valence-electron chi connectivity index (χ3n) is 2.32. The summed E-state index contributed by atoms with van der Waals surface area (Å²) in [5.41, 5.74) is -0.146. The lowest BCUT2D eigenvalue weighted by atomic mass is 10.1. The molecule has 1 aromatic heterocycles. The van der Waals surface area contributed by atoms with Crippen LogP contribution in [0.4, 0.5) is 11.5 Å². The molecule has 1 aromatic rings. The van der Waals surface area contributed by atoms with E-state index in [2.05, 4.69) is 26.2 Å². The predicted molar refractivity (Wildman–Crippen MR) is 68.5 cm³/mol. The highest BCUT2D eigenvalue weighted by Gasteiger charge is 2.16. The van der Waals surface area contributed by atoms with Crippen LogP contribution in [0.25, 0.3) is 0 Å². The van der Waals surface area contributed by atoms with E-state index in [1.807, 2.05) is 0 Å². The Bertz CT molecular complexity index is 466. The third kappa shape index (κ3) is 3.95. The van der Waals surface area contributed by atoms with Crippen molar-refractivity contribution in [2.24, 2.45) is 5.92 Å². The number of halogens is 1. The van der Waals surface area contributed by atoms with Gasteiger partial charge in [-0.15, -0.1) is 0 Å². The van der Waals surface area contributed by atoms with Crippen molar-refractivity contribution in [2.75, 3.05) is 11.9 Å². The molecule has 8 heteroatoms. The van der Waals surface area contributed by atoms with Gasteiger partial charge in [-0.3, -0.25) is 14.9 Å². The van der Waals surface area contributed by atoms with Crippen LogP contribution in [-0.2, 0) is 4.79 Å². The van der Waals surface area contributed by atoms with E-state index in [0.29, 0.717) is 17.4 Å². The number of nitrogens with one attached hydrogen (secondary N) is 1. The van der Waals surface area contributed by atoms with Gasteiger partial charge in [-0.1, -0.05) is 6.92 Å². The third-order valence-corrected chi connectivity index (χ3v) is 2.76. The van der Waals surface area contributed by atoms with Gasteiger partial charge in [0.15, 0.2) is 0 Å². The summed E-state index contributed by atoms with van der Waals surface area (Å²) < 4.78 is 0.513. The summed E-state index contributed by atoms with van der Waals surface area (Å²) >= 11 is 3.10. The zero-order valence-electron chi connectivity index (χ0n) is 9.59. The van der Waals surface area contributed by atoms with Crippen LogP contribution in [0.1, 0.15) is 13.3 Å². The molecule has 0 saturated carbocycles. The summed E-state index contributed by atoms with van der Waals surface area (Å²) in [5, 5.41) is 22.3. The number of hydrogen-bond donors (Lipinski definition) is 2. The number of nitro groups is 1. The van der Waals surface area contributed by atoms with Gasteiger partial charge in [0, 0.05) is 23.3 Å². The number of anilines is 1. The molecule has 1 atom stereocenters. The second kappa shape index (κ2) is 6.29. The molecule has 0 saturated heterocycles. The molecule has 1 unspecified atom stereocenters. The van der Waals surface area contributed by atoms with E-state index in [4.69, 9.17) is 5.11 Å². The Morgan fingerprint density at radius 1 is 1.72 bits per heavy atom. The maximum atomic E-state index is 10.8. The van der Waals surface area contributed by atoms with Crippen LogP contribution < -0.4 is 5.32 Å². The molecule has 0 spiro atoms. The molecular formula is C10H12BrN3O4. The van der Waals surface area contributed by atoms with Gasteiger partial charge in [0.1, 0.15) is 0 Å². The summed E-state index contributed by atoms with van der Waals surface area (Å²) in [7, 11) is 0. The number of hydrogen-bond acceptors (Lipinski definition) is 5. The summed E-state index contributed by atoms with van der Waals surface area (Å²) in [5.74, 6) is -1.26. The summed E-state index contributed by atoms with van der Waals surface area (Å²) in [6, 6.07) is 1.34. The van der Waals surface area contributed by atoms with Crippen molar-refractivity contribution in [1.29, 1.82) is 0 Å². The zero-order chi connectivity index (χ0) is 13.7. The number of aromatic nitrogens is 1. The van der Waals surface area contributed by atoms with Crippen molar-refractivity contribution >= 4 is 33.4 Å². The van der Waals surface area contributed by atoms with Crippen LogP contribution in [0.5, 0.6) is 0 Å². The number of pyridine rings is 1. The quantitative estimate of drug-likeness (QED) is 0.616. The van der Waals surface area contributed by atoms with Gasteiger partial charge < -0.3 is 10.4 Å². The molecule has 0 radical (unpaired) electrons. The monoisotopic (exact) mass is 317 g/mol. The van der Waals surface area contributed by atoms with Crippen molar-refractivity contribution in [3.8, 4) is 0 Å². The van der Waals surface area contributed by atoms with E-state index in [1.165, 1.54) is 12.3 Å². The molecule has 1 heterocycles. The minimum absolute atomic E-state index is 0.140. The smallest absolute Gasteiger partial charge is 0.312 e. The summed E-state index contributed by atoms with van der Waals surface area (Å²) in [4.78, 5) is 24.7. The first kappa shape index (κ1) is 14.4. The van der Waals surface area contributed by atoms with E-state index in [-0.39, 0.29) is 11.5 Å². The molecule has 1 rings (SSSR count). The molecule has 0 bridgehead atoms. The van der Waals surface area contributed by atoms with E-state index in [0.717, 1.165) is 0 Å². The Labute approximate surface area is 112 Å². The second-order valence-electron chi connectivity index (χ2n) is 3.73. The van der Waals surface area contributed by atoms with Gasteiger partial charge in [-0.2, -0.15) is 0 Å². The van der Waals surface area contributed by atoms with Crippen molar-refractivity contribution in [3.05, 3.63) is 26.9 Å². The summed E-state index contributed by atoms with van der Waals surface area (Å²) in [6.07, 6.45) is 1.81. The number of carbonyl (C=O) groups is 1. The van der Waals surface area contributed by atoms with Crippen LogP contribution in [0.2, 0.25) is 0 Å². The number of nitrogens with zero attached hydrogens (tertiary/aromatic N) is 2. The van der Waals surface area contributed by atoms with Gasteiger partial charge in [-0.25, -0.2) is 4.98 Å². The lowest BCUT2D eigenvalue weighted by Gasteiger charge is -2.08. The highest BCUT2D eigenvalue weighted by Crippen LogP contribution is 2.25. The van der Waals surface area contributed by atoms with E-state index in [1.54, 1.807) is 6.92 Å². The van der Waals surface area contributed by atoms with Gasteiger partial charge in [0.25, 0.3) is 0 Å². The lowest BCUT2D eigenvalue weighted by molar-refractivity contribution is -0.384. The second-order valence-corrected chi connectivity index (χ2v) is 4.65. The number of aliphatic carboxylic acids is 1. The normalized spacial score (nSPS) is 11.9. The van der Waals surface area contributed by atoms with Crippen LogP contribution in [0, 0.1) is 16.0 Å². The maximum Gasteiger partial charge on any atom is 0.312 e. The van der Waals surface area contributed by atoms with Gasteiger partial charge >= 0.3 is 11.7 Å². The molecule has 0 aliphatic carbocycles. The first-order valence-corrected chi connectivity index (χ1v) is 5.97. The molecule has 2 N–H and O–H groups in total. The SMILES string of the molecule is CC(CCNc1ncc(Br)cc1[N+](=O)[O-])C(=O)O. The van der Waals surface area contributed by atoms with Gasteiger partial charge in [-0.05, 0) is 22.4 Å². The number of carboxylic acids is 1. The first-order valence-electron chi connectivity index (χ1n) is 5.18. The minimum atomic E-state index is -0.893. The van der Waals surface area contributed by atoms with Crippen LogP contribution in [0.15, 0.2) is 16.7 Å². The van der Waals surface area contributed by atoms with Crippen molar-refractivity contribution in [3.63, 3.8) is 0 Å². The van der Waals surface area contributed by atoms with E-state index in [9.17, 15) is 14.9 Å². The Morgan fingerprint density at radius 3 is 2.94 bits per heavy atom. The molecule has 0 fully saturated rings. The van der Waals surface area contributed by atoms with Crippen LogP contribution in [-0.4, -0.2) is 27.5 Å². The molecule has 0 aliphatic rings. The van der Waals surface area contributed by atoms with E-state index >= 15 is 0 Å². The molecular weight excluding hydrogens is 306 g/mol. The Hall–Kier alpha value is -1.70. The number of carboxylic acid groups (broad SMARTS) is 1. The first-order chi connectivity index (χ1) is 8.41. The fraction of sp³-hybridized carbons (Fsp3) is 0.400.